The van der Waals surface area contributed by atoms with E-state index in [9.17, 15) is 9.59 Å². The number of carbonyl (C=O) groups is 2. The number of piperazine rings is 1. The van der Waals surface area contributed by atoms with Gasteiger partial charge in [-0.3, -0.25) is 4.79 Å². The van der Waals surface area contributed by atoms with E-state index in [0.717, 1.165) is 0 Å². The molecule has 1 aliphatic heterocycles. The maximum atomic E-state index is 11.5. The van der Waals surface area contributed by atoms with Crippen molar-refractivity contribution >= 4 is 12.0 Å². The molecule has 6 heteroatoms. The summed E-state index contributed by atoms with van der Waals surface area (Å²) in [6.07, 6.45) is -0.311. The van der Waals surface area contributed by atoms with Gasteiger partial charge in [-0.25, -0.2) is 4.79 Å². The molecule has 6 nitrogen and oxygen atoms in total. The lowest BCUT2D eigenvalue weighted by atomic mass is 10.2. The van der Waals surface area contributed by atoms with E-state index in [0.29, 0.717) is 26.2 Å². The van der Waals surface area contributed by atoms with E-state index in [2.05, 4.69) is 0 Å². The van der Waals surface area contributed by atoms with Crippen molar-refractivity contribution in [2.45, 2.75) is 19.9 Å². The molecule has 2 amide bonds. The summed E-state index contributed by atoms with van der Waals surface area (Å²) in [7, 11) is 0. The highest BCUT2D eigenvalue weighted by Gasteiger charge is 2.29. The van der Waals surface area contributed by atoms with Gasteiger partial charge < -0.3 is 20.3 Å². The second kappa shape index (κ2) is 5.69. The van der Waals surface area contributed by atoms with Crippen molar-refractivity contribution < 1.29 is 14.3 Å². The summed E-state index contributed by atoms with van der Waals surface area (Å²) in [5, 5.41) is 0. The van der Waals surface area contributed by atoms with Crippen LogP contribution < -0.4 is 5.73 Å². The first kappa shape index (κ1) is 12.8. The zero-order valence-electron chi connectivity index (χ0n) is 9.81. The fraction of sp³-hybridized carbons (Fsp3) is 0.800. The largest absolute Gasteiger partial charge is 0.450 e. The minimum absolute atomic E-state index is 0.00536. The first-order chi connectivity index (χ1) is 7.60. The zero-order chi connectivity index (χ0) is 12.1. The highest BCUT2D eigenvalue weighted by Crippen LogP contribution is 2.10. The van der Waals surface area contributed by atoms with Crippen LogP contribution in [0.4, 0.5) is 4.79 Å². The lowest BCUT2D eigenvalue weighted by Crippen LogP contribution is -2.56. The van der Waals surface area contributed by atoms with E-state index in [4.69, 9.17) is 10.5 Å². The van der Waals surface area contributed by atoms with E-state index in [1.165, 1.54) is 0 Å². The number of carbonyl (C=O) groups excluding carboxylic acids is 2. The van der Waals surface area contributed by atoms with Gasteiger partial charge in [0, 0.05) is 25.7 Å². The molecule has 1 atom stereocenters. The summed E-state index contributed by atoms with van der Waals surface area (Å²) in [4.78, 5) is 26.2. The molecule has 0 radical (unpaired) electrons. The van der Waals surface area contributed by atoms with Gasteiger partial charge in [0.15, 0.2) is 0 Å². The molecule has 0 aromatic carbocycles. The van der Waals surface area contributed by atoms with Crippen LogP contribution in [0.1, 0.15) is 13.8 Å². The number of nitrogens with zero attached hydrogens (tertiary/aromatic N) is 2. The van der Waals surface area contributed by atoms with Gasteiger partial charge in [-0.05, 0) is 13.8 Å². The number of hydrogen-bond acceptors (Lipinski definition) is 4. The number of nitrogens with two attached hydrogens (primary N) is 1. The summed E-state index contributed by atoms with van der Waals surface area (Å²) >= 11 is 0. The molecule has 1 rings (SSSR count). The Balaban J connectivity index is 2.51. The smallest absolute Gasteiger partial charge is 0.409 e. The van der Waals surface area contributed by atoms with Gasteiger partial charge in [0.2, 0.25) is 5.91 Å². The average molecular weight is 229 g/mol. The van der Waals surface area contributed by atoms with E-state index in [1.54, 1.807) is 16.7 Å². The molecule has 16 heavy (non-hydrogen) atoms. The summed E-state index contributed by atoms with van der Waals surface area (Å²) in [5.74, 6) is -0.0731. The maximum Gasteiger partial charge on any atom is 0.409 e. The van der Waals surface area contributed by atoms with Gasteiger partial charge >= 0.3 is 6.09 Å². The van der Waals surface area contributed by atoms with Crippen LogP contribution >= 0.6 is 0 Å². The molecule has 2 N–H and O–H groups in total. The minimum atomic E-state index is -0.311. The molecule has 0 saturated carbocycles. The molecule has 0 spiro atoms. The van der Waals surface area contributed by atoms with Crippen LogP contribution in [-0.2, 0) is 9.53 Å². The van der Waals surface area contributed by atoms with Gasteiger partial charge in [-0.1, -0.05) is 0 Å². The van der Waals surface area contributed by atoms with Crippen molar-refractivity contribution in [2.75, 3.05) is 32.8 Å². The third kappa shape index (κ3) is 2.85. The summed E-state index contributed by atoms with van der Waals surface area (Å²) in [6, 6.07) is -0.00536. The highest BCUT2D eigenvalue weighted by atomic mass is 16.6. The Morgan fingerprint density at radius 2 is 2.12 bits per heavy atom. The SMILES string of the molecule is CCOC(=O)N1CCN(C(=O)CN)C(C)C1. The molecule has 1 unspecified atom stereocenters. The Hall–Kier alpha value is -1.30. The lowest BCUT2D eigenvalue weighted by Gasteiger charge is -2.39. The Bertz CT molecular complexity index is 270. The zero-order valence-corrected chi connectivity index (χ0v) is 9.81. The summed E-state index contributed by atoms with van der Waals surface area (Å²) in [5.41, 5.74) is 5.31. The van der Waals surface area contributed by atoms with Crippen molar-refractivity contribution in [1.82, 2.24) is 9.80 Å². The molecule has 0 aromatic rings. The van der Waals surface area contributed by atoms with Gasteiger partial charge in [-0.2, -0.15) is 0 Å². The van der Waals surface area contributed by atoms with Crippen LogP contribution in [0.5, 0.6) is 0 Å². The Kier molecular flexibility index (Phi) is 4.54. The van der Waals surface area contributed by atoms with Crippen LogP contribution in [0.3, 0.4) is 0 Å². The number of ether oxygens (including phenoxy) is 1. The number of hydrogen-bond donors (Lipinski definition) is 1. The first-order valence-electron chi connectivity index (χ1n) is 5.51. The van der Waals surface area contributed by atoms with E-state index < -0.39 is 0 Å². The number of amides is 2. The van der Waals surface area contributed by atoms with Crippen molar-refractivity contribution in [1.29, 1.82) is 0 Å². The van der Waals surface area contributed by atoms with Gasteiger partial charge in [-0.15, -0.1) is 0 Å². The van der Waals surface area contributed by atoms with Gasteiger partial charge in [0.05, 0.1) is 13.2 Å². The van der Waals surface area contributed by atoms with Crippen molar-refractivity contribution in [3.63, 3.8) is 0 Å². The first-order valence-corrected chi connectivity index (χ1v) is 5.51. The predicted molar refractivity (Wildman–Crippen MR) is 58.8 cm³/mol. The van der Waals surface area contributed by atoms with Crippen LogP contribution in [0, 0.1) is 0 Å². The molecule has 1 aliphatic rings. The van der Waals surface area contributed by atoms with E-state index in [-0.39, 0.29) is 24.6 Å². The second-order valence-corrected chi connectivity index (χ2v) is 3.79. The number of rotatable bonds is 2. The van der Waals surface area contributed by atoms with Crippen LogP contribution in [0.2, 0.25) is 0 Å². The normalized spacial score (nSPS) is 20.8. The van der Waals surface area contributed by atoms with Crippen LogP contribution in [-0.4, -0.2) is 60.6 Å². The summed E-state index contributed by atoms with van der Waals surface area (Å²) in [6.45, 7) is 5.60. The molecular weight excluding hydrogens is 210 g/mol. The average Bonchev–Trinajstić information content (AvgIpc) is 2.28. The minimum Gasteiger partial charge on any atom is -0.450 e. The van der Waals surface area contributed by atoms with Crippen LogP contribution in [0.15, 0.2) is 0 Å². The standard InChI is InChI=1S/C10H19N3O3/c1-3-16-10(15)12-4-5-13(8(2)7-12)9(14)6-11/h8H,3-7,11H2,1-2H3. The molecule has 0 aliphatic carbocycles. The van der Waals surface area contributed by atoms with E-state index in [1.807, 2.05) is 6.92 Å². The molecule has 1 fully saturated rings. The second-order valence-electron chi connectivity index (χ2n) is 3.79. The quantitative estimate of drug-likeness (QED) is 0.701. The molecule has 92 valence electrons. The monoisotopic (exact) mass is 229 g/mol. The van der Waals surface area contributed by atoms with Gasteiger partial charge in [0.25, 0.3) is 0 Å². The van der Waals surface area contributed by atoms with Crippen molar-refractivity contribution in [2.24, 2.45) is 5.73 Å². The maximum absolute atomic E-state index is 11.5. The fourth-order valence-electron chi connectivity index (χ4n) is 1.83. The van der Waals surface area contributed by atoms with E-state index >= 15 is 0 Å². The molecular formula is C10H19N3O3. The Morgan fingerprint density at radius 1 is 1.44 bits per heavy atom. The fourth-order valence-corrected chi connectivity index (χ4v) is 1.83. The molecule has 1 heterocycles. The molecule has 1 saturated heterocycles. The highest BCUT2D eigenvalue weighted by molar-refractivity contribution is 5.78. The van der Waals surface area contributed by atoms with Crippen LogP contribution in [0.25, 0.3) is 0 Å². The Labute approximate surface area is 95.3 Å². The summed E-state index contributed by atoms with van der Waals surface area (Å²) < 4.78 is 4.91. The predicted octanol–water partition coefficient (Wildman–Crippen LogP) is -0.366. The molecule has 0 aromatic heterocycles. The lowest BCUT2D eigenvalue weighted by molar-refractivity contribution is -0.133. The third-order valence-electron chi connectivity index (χ3n) is 2.65. The molecule has 0 bridgehead atoms. The Morgan fingerprint density at radius 3 is 2.62 bits per heavy atom. The topological polar surface area (TPSA) is 75.9 Å². The van der Waals surface area contributed by atoms with Crippen molar-refractivity contribution in [3.05, 3.63) is 0 Å². The van der Waals surface area contributed by atoms with Gasteiger partial charge in [0.1, 0.15) is 0 Å². The van der Waals surface area contributed by atoms with Crippen molar-refractivity contribution in [3.8, 4) is 0 Å². The third-order valence-corrected chi connectivity index (χ3v) is 2.65.